The highest BCUT2D eigenvalue weighted by Gasteiger charge is 2.18. The third-order valence-corrected chi connectivity index (χ3v) is 4.18. The van der Waals surface area contributed by atoms with Crippen LogP contribution in [0.15, 0.2) is 72.9 Å². The third kappa shape index (κ3) is 2.84. The Bertz CT molecular complexity index is 1100. The van der Waals surface area contributed by atoms with E-state index in [2.05, 4.69) is 10.3 Å². The van der Waals surface area contributed by atoms with Gasteiger partial charge in [0.2, 0.25) is 0 Å². The van der Waals surface area contributed by atoms with Crippen LogP contribution in [0.1, 0.15) is 15.9 Å². The second-order valence-electron chi connectivity index (χ2n) is 6.04. The Labute approximate surface area is 149 Å². The molecule has 128 valence electrons. The largest absolute Gasteiger partial charge is 0.306 e. The minimum Gasteiger partial charge on any atom is -0.306 e. The Morgan fingerprint density at radius 3 is 2.54 bits per heavy atom. The lowest BCUT2D eigenvalue weighted by atomic mass is 10.1. The van der Waals surface area contributed by atoms with Gasteiger partial charge in [0.15, 0.2) is 0 Å². The zero-order chi connectivity index (χ0) is 18.1. The Morgan fingerprint density at radius 1 is 1.04 bits per heavy atom. The summed E-state index contributed by atoms with van der Waals surface area (Å²) in [5, 5.41) is 2.83. The summed E-state index contributed by atoms with van der Waals surface area (Å²) >= 11 is 0. The van der Waals surface area contributed by atoms with Crippen molar-refractivity contribution in [3.8, 4) is 11.3 Å². The highest BCUT2D eigenvalue weighted by molar-refractivity contribution is 6.06. The summed E-state index contributed by atoms with van der Waals surface area (Å²) < 4.78 is 15.8. The Balaban J connectivity index is 1.85. The van der Waals surface area contributed by atoms with Gasteiger partial charge in [0.25, 0.3) is 5.91 Å². The maximum absolute atomic E-state index is 14.0. The number of imidazole rings is 1. The van der Waals surface area contributed by atoms with Crippen molar-refractivity contribution < 1.29 is 9.18 Å². The number of hydrogen-bond donors (Lipinski definition) is 1. The fourth-order valence-electron chi connectivity index (χ4n) is 2.88. The topological polar surface area (TPSA) is 46.4 Å². The van der Waals surface area contributed by atoms with Crippen molar-refractivity contribution in [2.45, 2.75) is 6.92 Å². The van der Waals surface area contributed by atoms with Gasteiger partial charge >= 0.3 is 0 Å². The molecule has 0 aliphatic heterocycles. The average molecular weight is 345 g/mol. The van der Waals surface area contributed by atoms with Gasteiger partial charge in [0, 0.05) is 11.8 Å². The first-order chi connectivity index (χ1) is 12.6. The van der Waals surface area contributed by atoms with Crippen LogP contribution in [0.25, 0.3) is 16.9 Å². The summed E-state index contributed by atoms with van der Waals surface area (Å²) in [6, 6.07) is 19.4. The van der Waals surface area contributed by atoms with E-state index in [-0.39, 0.29) is 5.56 Å². The number of amides is 1. The molecule has 4 aromatic rings. The van der Waals surface area contributed by atoms with Gasteiger partial charge in [0.05, 0.1) is 5.56 Å². The molecule has 0 saturated carbocycles. The number of carbonyl (C=O) groups excluding carboxylic acids is 1. The first-order valence-corrected chi connectivity index (χ1v) is 8.23. The second-order valence-corrected chi connectivity index (χ2v) is 6.04. The third-order valence-electron chi connectivity index (χ3n) is 4.18. The lowest BCUT2D eigenvalue weighted by Crippen LogP contribution is -2.15. The Morgan fingerprint density at radius 2 is 1.77 bits per heavy atom. The van der Waals surface area contributed by atoms with E-state index in [4.69, 9.17) is 0 Å². The molecule has 2 aromatic heterocycles. The van der Waals surface area contributed by atoms with E-state index in [1.807, 2.05) is 55.6 Å². The molecule has 5 heteroatoms. The average Bonchev–Trinajstić information content (AvgIpc) is 3.00. The Hall–Kier alpha value is -3.47. The highest BCUT2D eigenvalue weighted by atomic mass is 19.1. The van der Waals surface area contributed by atoms with Crippen LogP contribution in [0.2, 0.25) is 0 Å². The van der Waals surface area contributed by atoms with Gasteiger partial charge in [-0.05, 0) is 36.8 Å². The smallest absolute Gasteiger partial charge is 0.259 e. The van der Waals surface area contributed by atoms with Gasteiger partial charge in [-0.3, -0.25) is 9.20 Å². The SMILES string of the molecule is Cc1ccn2c(NC(=O)c3ccccc3F)c(-c3ccccc3)nc2c1. The van der Waals surface area contributed by atoms with Crippen molar-refractivity contribution in [1.82, 2.24) is 9.38 Å². The lowest BCUT2D eigenvalue weighted by molar-refractivity contribution is 0.102. The number of fused-ring (bicyclic) bond motifs is 1. The van der Waals surface area contributed by atoms with Crippen molar-refractivity contribution >= 4 is 17.4 Å². The molecule has 1 amide bonds. The molecule has 4 nitrogen and oxygen atoms in total. The van der Waals surface area contributed by atoms with Crippen LogP contribution in [0.5, 0.6) is 0 Å². The minimum absolute atomic E-state index is 0.00595. The van der Waals surface area contributed by atoms with Crippen molar-refractivity contribution in [3.63, 3.8) is 0 Å². The van der Waals surface area contributed by atoms with Crippen molar-refractivity contribution in [2.24, 2.45) is 0 Å². The minimum atomic E-state index is -0.559. The number of halogens is 1. The van der Waals surface area contributed by atoms with Crippen LogP contribution in [-0.4, -0.2) is 15.3 Å². The normalized spacial score (nSPS) is 10.8. The predicted octanol–water partition coefficient (Wildman–Crippen LogP) is 4.70. The maximum Gasteiger partial charge on any atom is 0.259 e. The van der Waals surface area contributed by atoms with E-state index in [9.17, 15) is 9.18 Å². The molecule has 0 unspecified atom stereocenters. The summed E-state index contributed by atoms with van der Waals surface area (Å²) in [4.78, 5) is 17.3. The lowest BCUT2D eigenvalue weighted by Gasteiger charge is -2.08. The number of nitrogens with one attached hydrogen (secondary N) is 1. The van der Waals surface area contributed by atoms with E-state index in [0.717, 1.165) is 11.1 Å². The molecule has 0 aliphatic rings. The number of carbonyl (C=O) groups is 1. The maximum atomic E-state index is 14.0. The van der Waals surface area contributed by atoms with Crippen LogP contribution >= 0.6 is 0 Å². The van der Waals surface area contributed by atoms with Crippen LogP contribution in [0.4, 0.5) is 10.2 Å². The van der Waals surface area contributed by atoms with Crippen LogP contribution in [0.3, 0.4) is 0 Å². The standard InChI is InChI=1S/C21H16FN3O/c1-14-11-12-25-18(13-14)23-19(15-7-3-2-4-8-15)20(25)24-21(26)16-9-5-6-10-17(16)22/h2-13H,1H3,(H,24,26). The molecule has 2 aromatic carbocycles. The molecule has 4 rings (SSSR count). The molecule has 0 saturated heterocycles. The van der Waals surface area contributed by atoms with Gasteiger partial charge in [0.1, 0.15) is 23.0 Å². The van der Waals surface area contributed by atoms with Crippen molar-refractivity contribution in [1.29, 1.82) is 0 Å². The van der Waals surface area contributed by atoms with Crippen LogP contribution in [-0.2, 0) is 0 Å². The van der Waals surface area contributed by atoms with Gasteiger partial charge < -0.3 is 5.32 Å². The number of benzene rings is 2. The molecule has 1 N–H and O–H groups in total. The number of pyridine rings is 1. The first kappa shape index (κ1) is 16.0. The summed E-state index contributed by atoms with van der Waals surface area (Å²) in [5.74, 6) is -0.557. The molecular weight excluding hydrogens is 329 g/mol. The molecule has 0 bridgehead atoms. The molecule has 2 heterocycles. The number of nitrogens with zero attached hydrogens (tertiary/aromatic N) is 2. The zero-order valence-corrected chi connectivity index (χ0v) is 14.1. The molecule has 0 spiro atoms. The zero-order valence-electron chi connectivity index (χ0n) is 14.1. The molecular formula is C21H16FN3O. The molecule has 26 heavy (non-hydrogen) atoms. The first-order valence-electron chi connectivity index (χ1n) is 8.23. The van der Waals surface area contributed by atoms with Gasteiger partial charge in [-0.1, -0.05) is 42.5 Å². The number of aryl methyl sites for hydroxylation is 1. The van der Waals surface area contributed by atoms with E-state index in [1.54, 1.807) is 16.5 Å². The molecule has 0 aliphatic carbocycles. The van der Waals surface area contributed by atoms with Crippen molar-refractivity contribution in [3.05, 3.63) is 89.9 Å². The molecule has 0 atom stereocenters. The second kappa shape index (κ2) is 6.44. The monoisotopic (exact) mass is 345 g/mol. The van der Waals surface area contributed by atoms with E-state index in [0.29, 0.717) is 17.2 Å². The Kier molecular flexibility index (Phi) is 3.97. The summed E-state index contributed by atoms with van der Waals surface area (Å²) in [6.45, 7) is 1.98. The summed E-state index contributed by atoms with van der Waals surface area (Å²) in [5.41, 5.74) is 3.29. The van der Waals surface area contributed by atoms with Crippen molar-refractivity contribution in [2.75, 3.05) is 5.32 Å². The highest BCUT2D eigenvalue weighted by Crippen LogP contribution is 2.29. The number of rotatable bonds is 3. The summed E-state index contributed by atoms with van der Waals surface area (Å²) in [6.07, 6.45) is 1.85. The van der Waals surface area contributed by atoms with E-state index in [1.165, 1.54) is 12.1 Å². The molecule has 0 fully saturated rings. The summed E-state index contributed by atoms with van der Waals surface area (Å²) in [7, 11) is 0. The quantitative estimate of drug-likeness (QED) is 0.585. The van der Waals surface area contributed by atoms with Crippen LogP contribution < -0.4 is 5.32 Å². The van der Waals surface area contributed by atoms with Gasteiger partial charge in [-0.25, -0.2) is 9.37 Å². The number of aromatic nitrogens is 2. The van der Waals surface area contributed by atoms with Crippen LogP contribution in [0, 0.1) is 12.7 Å². The number of anilines is 1. The molecule has 0 radical (unpaired) electrons. The van der Waals surface area contributed by atoms with E-state index >= 15 is 0 Å². The fraction of sp³-hybridized carbons (Fsp3) is 0.0476. The fourth-order valence-corrected chi connectivity index (χ4v) is 2.88. The van der Waals surface area contributed by atoms with Gasteiger partial charge in [-0.2, -0.15) is 0 Å². The number of hydrogen-bond acceptors (Lipinski definition) is 2. The van der Waals surface area contributed by atoms with E-state index < -0.39 is 11.7 Å². The van der Waals surface area contributed by atoms with Gasteiger partial charge in [-0.15, -0.1) is 0 Å². The predicted molar refractivity (Wildman–Crippen MR) is 99.7 cm³/mol.